The first-order valence-corrected chi connectivity index (χ1v) is 8.48. The van der Waals surface area contributed by atoms with Crippen molar-refractivity contribution in [3.8, 4) is 0 Å². The van der Waals surface area contributed by atoms with Crippen LogP contribution in [-0.4, -0.2) is 65.6 Å². The minimum absolute atomic E-state index is 0.220. The van der Waals surface area contributed by atoms with Crippen molar-refractivity contribution in [3.05, 3.63) is 23.9 Å². The molecule has 1 saturated heterocycles. The Morgan fingerprint density at radius 2 is 1.92 bits per heavy atom. The van der Waals surface area contributed by atoms with Crippen LogP contribution >= 0.6 is 0 Å². The summed E-state index contributed by atoms with van der Waals surface area (Å²) in [6.07, 6.45) is 1.95. The van der Waals surface area contributed by atoms with E-state index in [9.17, 15) is 14.4 Å². The lowest BCUT2D eigenvalue weighted by atomic mass is 9.90. The van der Waals surface area contributed by atoms with Crippen molar-refractivity contribution in [2.24, 2.45) is 11.1 Å². The summed E-state index contributed by atoms with van der Waals surface area (Å²) in [6.45, 7) is 5.57. The molecule has 1 aromatic heterocycles. The SMILES string of the molecule is CC(C)(CCNC(=O)N1CCN(c2ncccc2C(N)=O)CC1)C(=O)O. The summed E-state index contributed by atoms with van der Waals surface area (Å²) in [4.78, 5) is 42.7. The van der Waals surface area contributed by atoms with Gasteiger partial charge in [0.25, 0.3) is 5.91 Å². The van der Waals surface area contributed by atoms with Crippen molar-refractivity contribution in [1.29, 1.82) is 0 Å². The summed E-state index contributed by atoms with van der Waals surface area (Å²) < 4.78 is 0. The summed E-state index contributed by atoms with van der Waals surface area (Å²) in [7, 11) is 0. The van der Waals surface area contributed by atoms with Crippen LogP contribution in [0.5, 0.6) is 0 Å². The first kappa shape index (κ1) is 19.5. The molecule has 4 N–H and O–H groups in total. The van der Waals surface area contributed by atoms with Gasteiger partial charge in [-0.3, -0.25) is 9.59 Å². The Morgan fingerprint density at radius 1 is 1.27 bits per heavy atom. The molecule has 26 heavy (non-hydrogen) atoms. The zero-order valence-electron chi connectivity index (χ0n) is 15.1. The Bertz CT molecular complexity index is 683. The van der Waals surface area contributed by atoms with Gasteiger partial charge < -0.3 is 26.0 Å². The van der Waals surface area contributed by atoms with Gasteiger partial charge in [-0.15, -0.1) is 0 Å². The third kappa shape index (κ3) is 4.62. The van der Waals surface area contributed by atoms with Gasteiger partial charge in [-0.2, -0.15) is 0 Å². The van der Waals surface area contributed by atoms with Crippen molar-refractivity contribution >= 4 is 23.7 Å². The van der Waals surface area contributed by atoms with E-state index in [4.69, 9.17) is 10.8 Å². The van der Waals surface area contributed by atoms with Gasteiger partial charge in [0.15, 0.2) is 0 Å². The van der Waals surface area contributed by atoms with Crippen molar-refractivity contribution < 1.29 is 19.5 Å². The number of hydrogen-bond donors (Lipinski definition) is 3. The lowest BCUT2D eigenvalue weighted by Gasteiger charge is -2.36. The highest BCUT2D eigenvalue weighted by atomic mass is 16.4. The lowest BCUT2D eigenvalue weighted by Crippen LogP contribution is -2.52. The number of rotatable bonds is 6. The van der Waals surface area contributed by atoms with Crippen LogP contribution in [0.25, 0.3) is 0 Å². The molecule has 2 rings (SSSR count). The zero-order chi connectivity index (χ0) is 19.3. The van der Waals surface area contributed by atoms with Crippen LogP contribution in [0, 0.1) is 5.41 Å². The van der Waals surface area contributed by atoms with Crippen molar-refractivity contribution in [2.45, 2.75) is 20.3 Å². The number of carbonyl (C=O) groups excluding carboxylic acids is 2. The van der Waals surface area contributed by atoms with Gasteiger partial charge in [-0.05, 0) is 32.4 Å². The molecule has 0 aromatic carbocycles. The van der Waals surface area contributed by atoms with Crippen LogP contribution in [0.4, 0.5) is 10.6 Å². The van der Waals surface area contributed by atoms with E-state index in [0.29, 0.717) is 50.5 Å². The van der Waals surface area contributed by atoms with Crippen LogP contribution < -0.4 is 16.0 Å². The van der Waals surface area contributed by atoms with Gasteiger partial charge in [0, 0.05) is 38.9 Å². The molecular formula is C17H25N5O4. The Labute approximate surface area is 152 Å². The Kier molecular flexibility index (Phi) is 6.01. The molecule has 3 amide bonds. The third-order valence-electron chi connectivity index (χ3n) is 4.52. The number of amides is 3. The Balaban J connectivity index is 1.86. The fourth-order valence-corrected chi connectivity index (χ4v) is 2.66. The second-order valence-corrected chi connectivity index (χ2v) is 6.88. The molecule has 2 heterocycles. The number of aromatic nitrogens is 1. The fraction of sp³-hybridized carbons (Fsp3) is 0.529. The van der Waals surface area contributed by atoms with E-state index in [1.54, 1.807) is 37.1 Å². The van der Waals surface area contributed by atoms with Crippen LogP contribution in [0.15, 0.2) is 18.3 Å². The van der Waals surface area contributed by atoms with E-state index in [1.807, 2.05) is 4.90 Å². The van der Waals surface area contributed by atoms with Crippen LogP contribution in [0.2, 0.25) is 0 Å². The Morgan fingerprint density at radius 3 is 2.50 bits per heavy atom. The minimum atomic E-state index is -0.888. The number of aliphatic carboxylic acids is 1. The second kappa shape index (κ2) is 8.03. The van der Waals surface area contributed by atoms with Crippen LogP contribution in [0.3, 0.4) is 0 Å². The number of anilines is 1. The molecular weight excluding hydrogens is 338 g/mol. The summed E-state index contributed by atoms with van der Waals surface area (Å²) in [5.74, 6) is -0.890. The number of primary amides is 1. The smallest absolute Gasteiger partial charge is 0.317 e. The van der Waals surface area contributed by atoms with E-state index in [0.717, 1.165) is 0 Å². The predicted molar refractivity (Wildman–Crippen MR) is 96.0 cm³/mol. The largest absolute Gasteiger partial charge is 0.481 e. The maximum atomic E-state index is 12.2. The quantitative estimate of drug-likeness (QED) is 0.675. The van der Waals surface area contributed by atoms with Gasteiger partial charge in [0.05, 0.1) is 11.0 Å². The number of nitrogens with one attached hydrogen (secondary N) is 1. The molecule has 0 atom stereocenters. The predicted octanol–water partition coefficient (Wildman–Crippen LogP) is 0.513. The van der Waals surface area contributed by atoms with Gasteiger partial charge in [-0.1, -0.05) is 0 Å². The number of piperazine rings is 1. The maximum Gasteiger partial charge on any atom is 0.317 e. The highest BCUT2D eigenvalue weighted by molar-refractivity contribution is 5.97. The van der Waals surface area contributed by atoms with Gasteiger partial charge in [-0.25, -0.2) is 9.78 Å². The van der Waals surface area contributed by atoms with Crippen LogP contribution in [-0.2, 0) is 4.79 Å². The van der Waals surface area contributed by atoms with Crippen molar-refractivity contribution in [3.63, 3.8) is 0 Å². The van der Waals surface area contributed by atoms with E-state index in [1.165, 1.54) is 0 Å². The summed E-state index contributed by atoms with van der Waals surface area (Å²) in [5.41, 5.74) is 4.87. The number of pyridine rings is 1. The number of carbonyl (C=O) groups is 3. The van der Waals surface area contributed by atoms with Crippen molar-refractivity contribution in [1.82, 2.24) is 15.2 Å². The van der Waals surface area contributed by atoms with Gasteiger partial charge in [0.1, 0.15) is 5.82 Å². The van der Waals surface area contributed by atoms with Gasteiger partial charge in [0.2, 0.25) is 0 Å². The second-order valence-electron chi connectivity index (χ2n) is 6.88. The number of carboxylic acid groups (broad SMARTS) is 1. The molecule has 0 bridgehead atoms. The lowest BCUT2D eigenvalue weighted by molar-refractivity contribution is -0.147. The molecule has 0 unspecified atom stereocenters. The molecule has 1 aliphatic heterocycles. The maximum absolute atomic E-state index is 12.2. The normalized spacial score (nSPS) is 14.8. The molecule has 9 nitrogen and oxygen atoms in total. The first-order valence-electron chi connectivity index (χ1n) is 8.48. The topological polar surface area (TPSA) is 129 Å². The first-order chi connectivity index (χ1) is 12.2. The number of nitrogens with zero attached hydrogens (tertiary/aromatic N) is 3. The molecule has 1 aromatic rings. The molecule has 0 radical (unpaired) electrons. The standard InChI is InChI=1S/C17H25N5O4/c1-17(2,15(24)25)5-7-20-16(26)22-10-8-21(9-11-22)14-12(13(18)23)4-3-6-19-14/h3-4,6H,5,7-11H2,1-2H3,(H2,18,23)(H,20,26)(H,24,25). The van der Waals surface area contributed by atoms with E-state index < -0.39 is 17.3 Å². The van der Waals surface area contributed by atoms with Gasteiger partial charge >= 0.3 is 12.0 Å². The molecule has 142 valence electrons. The average Bonchev–Trinajstić information content (AvgIpc) is 2.61. The average molecular weight is 363 g/mol. The molecule has 9 heteroatoms. The zero-order valence-corrected chi connectivity index (χ0v) is 15.1. The monoisotopic (exact) mass is 363 g/mol. The number of hydrogen-bond acceptors (Lipinski definition) is 5. The number of nitrogens with two attached hydrogens (primary N) is 1. The molecule has 0 spiro atoms. The molecule has 1 fully saturated rings. The molecule has 0 aliphatic carbocycles. The summed E-state index contributed by atoms with van der Waals surface area (Å²) >= 11 is 0. The van der Waals surface area contributed by atoms with E-state index in [2.05, 4.69) is 10.3 Å². The molecule has 0 saturated carbocycles. The number of urea groups is 1. The Hall–Kier alpha value is -2.84. The van der Waals surface area contributed by atoms with E-state index in [-0.39, 0.29) is 6.03 Å². The fourth-order valence-electron chi connectivity index (χ4n) is 2.66. The summed E-state index contributed by atoms with van der Waals surface area (Å²) in [6, 6.07) is 3.07. The van der Waals surface area contributed by atoms with Crippen LogP contribution in [0.1, 0.15) is 30.6 Å². The number of carboxylic acids is 1. The highest BCUT2D eigenvalue weighted by Gasteiger charge is 2.28. The van der Waals surface area contributed by atoms with E-state index >= 15 is 0 Å². The highest BCUT2D eigenvalue weighted by Crippen LogP contribution is 2.20. The summed E-state index contributed by atoms with van der Waals surface area (Å²) in [5, 5.41) is 11.8. The minimum Gasteiger partial charge on any atom is -0.481 e. The van der Waals surface area contributed by atoms with Crippen molar-refractivity contribution in [2.75, 3.05) is 37.6 Å². The third-order valence-corrected chi connectivity index (χ3v) is 4.52. The molecule has 1 aliphatic rings.